The summed E-state index contributed by atoms with van der Waals surface area (Å²) < 4.78 is 0. The molecule has 92 valence electrons. The second-order valence-electron chi connectivity index (χ2n) is 3.93. The van der Waals surface area contributed by atoms with Crippen LogP contribution in [0.5, 0.6) is 0 Å². The number of carbonyl (C=O) groups excluding carboxylic acids is 1. The first-order chi connectivity index (χ1) is 8.56. The highest BCUT2D eigenvalue weighted by Crippen LogP contribution is 2.22. The fourth-order valence-corrected chi connectivity index (χ4v) is 1.56. The third kappa shape index (κ3) is 2.52. The zero-order chi connectivity index (χ0) is 13.1. The van der Waals surface area contributed by atoms with Gasteiger partial charge in [-0.15, -0.1) is 0 Å². The average molecular weight is 242 g/mol. The van der Waals surface area contributed by atoms with Crippen LogP contribution in [0, 0.1) is 0 Å². The molecule has 2 aromatic rings. The minimum Gasteiger partial charge on any atom is -0.399 e. The molecule has 0 atom stereocenters. The fourth-order valence-electron chi connectivity index (χ4n) is 1.56. The van der Waals surface area contributed by atoms with Gasteiger partial charge in [-0.1, -0.05) is 6.07 Å². The van der Waals surface area contributed by atoms with Gasteiger partial charge in [0.2, 0.25) is 0 Å². The van der Waals surface area contributed by atoms with Crippen molar-refractivity contribution in [2.45, 2.75) is 0 Å². The van der Waals surface area contributed by atoms with Crippen molar-refractivity contribution >= 4 is 28.7 Å². The summed E-state index contributed by atoms with van der Waals surface area (Å²) in [6, 6.07) is 11.6. The van der Waals surface area contributed by atoms with E-state index in [1.807, 2.05) is 0 Å². The van der Waals surface area contributed by atoms with E-state index in [0.29, 0.717) is 28.3 Å². The van der Waals surface area contributed by atoms with Gasteiger partial charge in [-0.25, -0.2) is 0 Å². The van der Waals surface area contributed by atoms with Gasteiger partial charge in [-0.05, 0) is 36.4 Å². The number of nitrogens with two attached hydrogens (primary N) is 3. The minimum atomic E-state index is -0.278. The molecule has 0 radical (unpaired) electrons. The van der Waals surface area contributed by atoms with E-state index in [1.165, 1.54) is 0 Å². The van der Waals surface area contributed by atoms with E-state index in [4.69, 9.17) is 17.2 Å². The van der Waals surface area contributed by atoms with Crippen LogP contribution in [0.3, 0.4) is 0 Å². The standard InChI is InChI=1S/C13H14N4O/c14-9-3-1-2-8(6-9)13(18)17-12-7-10(15)4-5-11(12)16/h1-7H,14-16H2,(H,17,18). The highest BCUT2D eigenvalue weighted by molar-refractivity contribution is 6.06. The smallest absolute Gasteiger partial charge is 0.255 e. The number of hydrogen-bond donors (Lipinski definition) is 4. The highest BCUT2D eigenvalue weighted by atomic mass is 16.1. The molecule has 5 nitrogen and oxygen atoms in total. The van der Waals surface area contributed by atoms with Crippen LogP contribution < -0.4 is 22.5 Å². The first-order valence-corrected chi connectivity index (χ1v) is 5.38. The van der Waals surface area contributed by atoms with Crippen molar-refractivity contribution in [2.24, 2.45) is 0 Å². The van der Waals surface area contributed by atoms with Crippen LogP contribution in [0.25, 0.3) is 0 Å². The molecule has 1 amide bonds. The number of nitrogens with one attached hydrogen (secondary N) is 1. The van der Waals surface area contributed by atoms with Crippen LogP contribution in [0.15, 0.2) is 42.5 Å². The third-order valence-electron chi connectivity index (χ3n) is 2.47. The van der Waals surface area contributed by atoms with Crippen molar-refractivity contribution in [2.75, 3.05) is 22.5 Å². The molecule has 0 aliphatic heterocycles. The fraction of sp³-hybridized carbons (Fsp3) is 0. The van der Waals surface area contributed by atoms with Gasteiger partial charge in [0.15, 0.2) is 0 Å². The maximum Gasteiger partial charge on any atom is 0.255 e. The zero-order valence-corrected chi connectivity index (χ0v) is 9.68. The van der Waals surface area contributed by atoms with Crippen molar-refractivity contribution < 1.29 is 4.79 Å². The molecule has 2 aromatic carbocycles. The Kier molecular flexibility index (Phi) is 3.05. The predicted molar refractivity (Wildman–Crippen MR) is 74.1 cm³/mol. The maximum absolute atomic E-state index is 12.0. The molecule has 0 heterocycles. The van der Waals surface area contributed by atoms with Gasteiger partial charge in [0.1, 0.15) is 0 Å². The van der Waals surface area contributed by atoms with E-state index >= 15 is 0 Å². The Labute approximate surface area is 105 Å². The number of amides is 1. The summed E-state index contributed by atoms with van der Waals surface area (Å²) in [5.41, 5.74) is 19.5. The quantitative estimate of drug-likeness (QED) is 0.601. The molecule has 0 aliphatic rings. The number of anilines is 4. The largest absolute Gasteiger partial charge is 0.399 e. The number of benzene rings is 2. The number of hydrogen-bond acceptors (Lipinski definition) is 4. The Balaban J connectivity index is 2.24. The first-order valence-electron chi connectivity index (χ1n) is 5.38. The van der Waals surface area contributed by atoms with Crippen LogP contribution in [-0.2, 0) is 0 Å². The van der Waals surface area contributed by atoms with Crippen molar-refractivity contribution in [3.63, 3.8) is 0 Å². The SMILES string of the molecule is Nc1cccc(C(=O)Nc2cc(N)ccc2N)c1. The Bertz CT molecular complexity index is 595. The maximum atomic E-state index is 12.0. The molecular weight excluding hydrogens is 228 g/mol. The zero-order valence-electron chi connectivity index (χ0n) is 9.68. The summed E-state index contributed by atoms with van der Waals surface area (Å²) in [5.74, 6) is -0.278. The lowest BCUT2D eigenvalue weighted by molar-refractivity contribution is 0.102. The van der Waals surface area contributed by atoms with Crippen LogP contribution >= 0.6 is 0 Å². The summed E-state index contributed by atoms with van der Waals surface area (Å²) in [7, 11) is 0. The molecule has 7 N–H and O–H groups in total. The Morgan fingerprint density at radius 2 is 1.67 bits per heavy atom. The number of carbonyl (C=O) groups is 1. The summed E-state index contributed by atoms with van der Waals surface area (Å²) in [5, 5.41) is 2.70. The van der Waals surface area contributed by atoms with E-state index in [1.54, 1.807) is 42.5 Å². The second kappa shape index (κ2) is 4.67. The van der Waals surface area contributed by atoms with Crippen LogP contribution in [0.2, 0.25) is 0 Å². The van der Waals surface area contributed by atoms with Crippen molar-refractivity contribution in [1.29, 1.82) is 0 Å². The normalized spacial score (nSPS) is 10.0. The molecule has 0 saturated carbocycles. The topological polar surface area (TPSA) is 107 Å². The molecule has 0 aromatic heterocycles. The first kappa shape index (κ1) is 11.8. The van der Waals surface area contributed by atoms with E-state index in [0.717, 1.165) is 0 Å². The molecule has 0 unspecified atom stereocenters. The lowest BCUT2D eigenvalue weighted by Gasteiger charge is -2.09. The Hall–Kier alpha value is -2.69. The summed E-state index contributed by atoms with van der Waals surface area (Å²) >= 11 is 0. The van der Waals surface area contributed by atoms with Gasteiger partial charge >= 0.3 is 0 Å². The van der Waals surface area contributed by atoms with Crippen LogP contribution in [0.1, 0.15) is 10.4 Å². The van der Waals surface area contributed by atoms with E-state index < -0.39 is 0 Å². The molecule has 0 fully saturated rings. The van der Waals surface area contributed by atoms with Gasteiger partial charge in [0.05, 0.1) is 11.4 Å². The number of rotatable bonds is 2. The third-order valence-corrected chi connectivity index (χ3v) is 2.47. The summed E-state index contributed by atoms with van der Waals surface area (Å²) in [6.45, 7) is 0. The lowest BCUT2D eigenvalue weighted by atomic mass is 10.1. The van der Waals surface area contributed by atoms with Gasteiger partial charge in [-0.3, -0.25) is 4.79 Å². The van der Waals surface area contributed by atoms with Gasteiger partial charge < -0.3 is 22.5 Å². The number of nitrogen functional groups attached to an aromatic ring is 3. The van der Waals surface area contributed by atoms with E-state index in [-0.39, 0.29) is 5.91 Å². The lowest BCUT2D eigenvalue weighted by Crippen LogP contribution is -2.13. The summed E-state index contributed by atoms with van der Waals surface area (Å²) in [6.07, 6.45) is 0. The molecule has 5 heteroatoms. The molecule has 0 aliphatic carbocycles. The predicted octanol–water partition coefficient (Wildman–Crippen LogP) is 1.69. The van der Waals surface area contributed by atoms with E-state index in [9.17, 15) is 4.79 Å². The second-order valence-corrected chi connectivity index (χ2v) is 3.93. The van der Waals surface area contributed by atoms with Crippen molar-refractivity contribution in [3.05, 3.63) is 48.0 Å². The van der Waals surface area contributed by atoms with Crippen molar-refractivity contribution in [1.82, 2.24) is 0 Å². The molecule has 0 saturated heterocycles. The van der Waals surface area contributed by atoms with Crippen LogP contribution in [0.4, 0.5) is 22.7 Å². The minimum absolute atomic E-state index is 0.278. The molecular formula is C13H14N4O. The monoisotopic (exact) mass is 242 g/mol. The van der Waals surface area contributed by atoms with Gasteiger partial charge in [0.25, 0.3) is 5.91 Å². The molecule has 18 heavy (non-hydrogen) atoms. The average Bonchev–Trinajstić information content (AvgIpc) is 2.34. The van der Waals surface area contributed by atoms with Gasteiger partial charge in [-0.2, -0.15) is 0 Å². The molecule has 2 rings (SSSR count). The Morgan fingerprint density at radius 3 is 2.39 bits per heavy atom. The summed E-state index contributed by atoms with van der Waals surface area (Å²) in [4.78, 5) is 12.0. The Morgan fingerprint density at radius 1 is 0.944 bits per heavy atom. The van der Waals surface area contributed by atoms with Crippen LogP contribution in [-0.4, -0.2) is 5.91 Å². The molecule has 0 spiro atoms. The van der Waals surface area contributed by atoms with Crippen molar-refractivity contribution in [3.8, 4) is 0 Å². The van der Waals surface area contributed by atoms with E-state index in [2.05, 4.69) is 5.32 Å². The molecule has 0 bridgehead atoms. The van der Waals surface area contributed by atoms with Gasteiger partial charge in [0, 0.05) is 16.9 Å². The highest BCUT2D eigenvalue weighted by Gasteiger charge is 2.08.